The molecule has 0 amide bonds. The minimum Gasteiger partial charge on any atom is -0.497 e. The number of nitrogens with zero attached hydrogens (tertiary/aromatic N) is 2. The van der Waals surface area contributed by atoms with E-state index in [9.17, 15) is 0 Å². The monoisotopic (exact) mass is 245 g/mol. The summed E-state index contributed by atoms with van der Waals surface area (Å²) >= 11 is 0. The molecule has 4 heteroatoms. The van der Waals surface area contributed by atoms with Crippen LogP contribution in [0.25, 0.3) is 5.69 Å². The number of benzene rings is 1. The zero-order valence-corrected chi connectivity index (χ0v) is 10.9. The lowest BCUT2D eigenvalue weighted by Crippen LogP contribution is -2.06. The summed E-state index contributed by atoms with van der Waals surface area (Å²) in [7, 11) is 1.67. The highest BCUT2D eigenvalue weighted by Gasteiger charge is 2.09. The first-order valence-electron chi connectivity index (χ1n) is 6.20. The Morgan fingerprint density at radius 1 is 1.28 bits per heavy atom. The highest BCUT2D eigenvalue weighted by molar-refractivity contribution is 5.39. The Balaban J connectivity index is 2.36. The van der Waals surface area contributed by atoms with Gasteiger partial charge in [0.25, 0.3) is 0 Å². The number of hydrogen-bond donors (Lipinski definition) is 1. The maximum Gasteiger partial charge on any atom is 0.119 e. The molecule has 0 unspecified atom stereocenters. The van der Waals surface area contributed by atoms with Crippen LogP contribution < -0.4 is 10.5 Å². The van der Waals surface area contributed by atoms with Crippen molar-refractivity contribution < 1.29 is 4.74 Å². The molecule has 1 aromatic carbocycles. The van der Waals surface area contributed by atoms with Crippen molar-refractivity contribution in [1.29, 1.82) is 0 Å². The lowest BCUT2D eigenvalue weighted by Gasteiger charge is -2.08. The molecule has 96 valence electrons. The molecule has 0 atom stereocenters. The summed E-state index contributed by atoms with van der Waals surface area (Å²) in [5.41, 5.74) is 9.13. The predicted molar refractivity (Wildman–Crippen MR) is 72.3 cm³/mol. The van der Waals surface area contributed by atoms with E-state index in [1.807, 2.05) is 35.1 Å². The molecule has 0 saturated carbocycles. The van der Waals surface area contributed by atoms with Crippen molar-refractivity contribution in [2.75, 3.05) is 13.7 Å². The van der Waals surface area contributed by atoms with Gasteiger partial charge in [0.05, 0.1) is 19.0 Å². The van der Waals surface area contributed by atoms with Crippen molar-refractivity contribution in [1.82, 2.24) is 9.78 Å². The third-order valence-electron chi connectivity index (χ3n) is 3.02. The van der Waals surface area contributed by atoms with Crippen LogP contribution in [-0.4, -0.2) is 23.4 Å². The molecular formula is C14H19N3O. The van der Waals surface area contributed by atoms with Gasteiger partial charge in [0.15, 0.2) is 0 Å². The van der Waals surface area contributed by atoms with Crippen molar-refractivity contribution >= 4 is 0 Å². The van der Waals surface area contributed by atoms with E-state index in [-0.39, 0.29) is 0 Å². The van der Waals surface area contributed by atoms with E-state index in [0.717, 1.165) is 24.3 Å². The fraction of sp³-hybridized carbons (Fsp3) is 0.357. The van der Waals surface area contributed by atoms with Crippen molar-refractivity contribution in [3.05, 3.63) is 41.7 Å². The molecule has 0 aliphatic rings. The second kappa shape index (κ2) is 5.69. The fourth-order valence-corrected chi connectivity index (χ4v) is 2.09. The Morgan fingerprint density at radius 3 is 2.56 bits per heavy atom. The van der Waals surface area contributed by atoms with E-state index in [4.69, 9.17) is 10.5 Å². The maximum absolute atomic E-state index is 5.62. The van der Waals surface area contributed by atoms with Crippen LogP contribution in [-0.2, 0) is 12.8 Å². The molecule has 2 N–H and O–H groups in total. The largest absolute Gasteiger partial charge is 0.497 e. The van der Waals surface area contributed by atoms with Gasteiger partial charge in [-0.3, -0.25) is 0 Å². The Bertz CT molecular complexity index is 502. The summed E-state index contributed by atoms with van der Waals surface area (Å²) in [6.45, 7) is 2.79. The lowest BCUT2D eigenvalue weighted by molar-refractivity contribution is 0.414. The molecule has 0 spiro atoms. The van der Waals surface area contributed by atoms with E-state index in [0.29, 0.717) is 6.54 Å². The van der Waals surface area contributed by atoms with Crippen LogP contribution in [0.3, 0.4) is 0 Å². The van der Waals surface area contributed by atoms with Gasteiger partial charge in [-0.05, 0) is 49.2 Å². The Hall–Kier alpha value is -1.81. The average Bonchev–Trinajstić information content (AvgIpc) is 2.82. The SMILES string of the molecule is CCc1c(CCN)cnn1-c1ccc(OC)cc1. The minimum absolute atomic E-state index is 0.654. The number of ether oxygens (including phenoxy) is 1. The minimum atomic E-state index is 0.654. The zero-order valence-electron chi connectivity index (χ0n) is 10.9. The topological polar surface area (TPSA) is 53.1 Å². The highest BCUT2D eigenvalue weighted by atomic mass is 16.5. The van der Waals surface area contributed by atoms with E-state index in [1.165, 1.54) is 11.3 Å². The molecule has 2 aromatic rings. The van der Waals surface area contributed by atoms with E-state index < -0.39 is 0 Å². The molecule has 0 bridgehead atoms. The molecular weight excluding hydrogens is 226 g/mol. The third-order valence-corrected chi connectivity index (χ3v) is 3.02. The van der Waals surface area contributed by atoms with Crippen molar-refractivity contribution in [2.24, 2.45) is 5.73 Å². The number of aromatic nitrogens is 2. The molecule has 0 radical (unpaired) electrons. The van der Waals surface area contributed by atoms with Crippen LogP contribution in [0.5, 0.6) is 5.75 Å². The molecule has 2 rings (SSSR count). The number of hydrogen-bond acceptors (Lipinski definition) is 3. The van der Waals surface area contributed by atoms with E-state index in [2.05, 4.69) is 12.0 Å². The normalized spacial score (nSPS) is 10.6. The second-order valence-corrected chi connectivity index (χ2v) is 4.12. The van der Waals surface area contributed by atoms with Crippen LogP contribution in [0.4, 0.5) is 0 Å². The van der Waals surface area contributed by atoms with E-state index >= 15 is 0 Å². The Morgan fingerprint density at radius 2 is 2.00 bits per heavy atom. The smallest absolute Gasteiger partial charge is 0.119 e. The van der Waals surface area contributed by atoms with E-state index in [1.54, 1.807) is 7.11 Å². The summed E-state index contributed by atoms with van der Waals surface area (Å²) in [4.78, 5) is 0. The Labute approximate surface area is 107 Å². The molecule has 0 fully saturated rings. The number of methoxy groups -OCH3 is 1. The van der Waals surface area contributed by atoms with Crippen LogP contribution in [0.1, 0.15) is 18.2 Å². The molecule has 1 aromatic heterocycles. The fourth-order valence-electron chi connectivity index (χ4n) is 2.09. The van der Waals surface area contributed by atoms with Crippen LogP contribution in [0.2, 0.25) is 0 Å². The van der Waals surface area contributed by atoms with Gasteiger partial charge in [0.2, 0.25) is 0 Å². The van der Waals surface area contributed by atoms with Gasteiger partial charge in [0, 0.05) is 5.69 Å². The first-order valence-corrected chi connectivity index (χ1v) is 6.20. The summed E-state index contributed by atoms with van der Waals surface area (Å²) < 4.78 is 7.14. The van der Waals surface area contributed by atoms with Gasteiger partial charge in [-0.1, -0.05) is 6.92 Å². The molecule has 4 nitrogen and oxygen atoms in total. The second-order valence-electron chi connectivity index (χ2n) is 4.12. The summed E-state index contributed by atoms with van der Waals surface area (Å²) in [6.07, 6.45) is 3.73. The van der Waals surface area contributed by atoms with Crippen LogP contribution in [0, 0.1) is 0 Å². The van der Waals surface area contributed by atoms with Crippen molar-refractivity contribution in [2.45, 2.75) is 19.8 Å². The maximum atomic E-state index is 5.62. The summed E-state index contributed by atoms with van der Waals surface area (Å²) in [6, 6.07) is 7.91. The third kappa shape index (κ3) is 2.38. The van der Waals surface area contributed by atoms with Crippen molar-refractivity contribution in [3.63, 3.8) is 0 Å². The van der Waals surface area contributed by atoms with Gasteiger partial charge in [-0.15, -0.1) is 0 Å². The molecule has 0 aliphatic heterocycles. The molecule has 1 heterocycles. The predicted octanol–water partition coefficient (Wildman–Crippen LogP) is 1.94. The lowest BCUT2D eigenvalue weighted by atomic mass is 10.1. The number of nitrogens with two attached hydrogens (primary N) is 1. The van der Waals surface area contributed by atoms with Gasteiger partial charge in [-0.25, -0.2) is 4.68 Å². The summed E-state index contributed by atoms with van der Waals surface area (Å²) in [5, 5.41) is 4.45. The molecule has 0 aliphatic carbocycles. The average molecular weight is 245 g/mol. The highest BCUT2D eigenvalue weighted by Crippen LogP contribution is 2.18. The molecule has 0 saturated heterocycles. The van der Waals surface area contributed by atoms with Crippen LogP contribution >= 0.6 is 0 Å². The van der Waals surface area contributed by atoms with Gasteiger partial charge < -0.3 is 10.5 Å². The van der Waals surface area contributed by atoms with Crippen LogP contribution in [0.15, 0.2) is 30.5 Å². The zero-order chi connectivity index (χ0) is 13.0. The first kappa shape index (κ1) is 12.6. The van der Waals surface area contributed by atoms with Gasteiger partial charge in [0.1, 0.15) is 5.75 Å². The van der Waals surface area contributed by atoms with Gasteiger partial charge in [-0.2, -0.15) is 5.10 Å². The molecule has 18 heavy (non-hydrogen) atoms. The standard InChI is InChI=1S/C14H19N3O/c1-3-14-11(8-9-15)10-16-17(14)12-4-6-13(18-2)7-5-12/h4-7,10H,3,8-9,15H2,1-2H3. The van der Waals surface area contributed by atoms with Crippen molar-refractivity contribution in [3.8, 4) is 11.4 Å². The summed E-state index contributed by atoms with van der Waals surface area (Å²) in [5.74, 6) is 0.853. The quantitative estimate of drug-likeness (QED) is 0.876. The number of rotatable bonds is 5. The van der Waals surface area contributed by atoms with Gasteiger partial charge >= 0.3 is 0 Å². The first-order chi connectivity index (χ1) is 8.80. The Kier molecular flexibility index (Phi) is 3.99.